The highest BCUT2D eigenvalue weighted by atomic mass is 19.1. The van der Waals surface area contributed by atoms with E-state index in [9.17, 15) is 13.9 Å². The Morgan fingerprint density at radius 3 is 2.76 bits per heavy atom. The van der Waals surface area contributed by atoms with Gasteiger partial charge in [-0.25, -0.2) is 8.78 Å². The lowest BCUT2D eigenvalue weighted by Crippen LogP contribution is -2.05. The first kappa shape index (κ1) is 11.7. The Morgan fingerprint density at radius 1 is 1.41 bits per heavy atom. The second-order valence-electron chi connectivity index (χ2n) is 3.77. The van der Waals surface area contributed by atoms with Gasteiger partial charge in [-0.1, -0.05) is 11.3 Å². The van der Waals surface area contributed by atoms with Gasteiger partial charge < -0.3 is 5.11 Å². The molecule has 1 aromatic carbocycles. The van der Waals surface area contributed by atoms with Gasteiger partial charge in [0.1, 0.15) is 11.6 Å². The maximum atomic E-state index is 13.4. The molecule has 2 rings (SSSR count). The van der Waals surface area contributed by atoms with Crippen molar-refractivity contribution >= 4 is 0 Å². The third-order valence-corrected chi connectivity index (χ3v) is 2.37. The number of hydrogen-bond donors (Lipinski definition) is 1. The van der Waals surface area contributed by atoms with Crippen molar-refractivity contribution in [2.45, 2.75) is 12.5 Å². The van der Waals surface area contributed by atoms with E-state index in [-0.39, 0.29) is 12.0 Å². The van der Waals surface area contributed by atoms with Crippen molar-refractivity contribution in [2.75, 3.05) is 0 Å². The lowest BCUT2D eigenvalue weighted by atomic mass is 10.0. The number of aliphatic hydroxyl groups is 1. The van der Waals surface area contributed by atoms with Gasteiger partial charge in [0.2, 0.25) is 0 Å². The zero-order valence-corrected chi connectivity index (χ0v) is 9.14. The van der Waals surface area contributed by atoms with Gasteiger partial charge in [0.05, 0.1) is 11.8 Å². The molecule has 1 atom stereocenters. The molecule has 6 heteroatoms. The molecule has 1 heterocycles. The van der Waals surface area contributed by atoms with E-state index in [0.717, 1.165) is 12.1 Å². The number of rotatable bonds is 3. The first-order chi connectivity index (χ1) is 8.06. The summed E-state index contributed by atoms with van der Waals surface area (Å²) in [5.41, 5.74) is 0.598. The second-order valence-corrected chi connectivity index (χ2v) is 3.77. The fraction of sp³-hybridized carbons (Fsp3) is 0.273. The van der Waals surface area contributed by atoms with Crippen molar-refractivity contribution in [1.82, 2.24) is 15.0 Å². The molecule has 0 spiro atoms. The van der Waals surface area contributed by atoms with E-state index in [0.29, 0.717) is 5.69 Å². The Balaban J connectivity index is 2.17. The molecule has 4 nitrogen and oxygen atoms in total. The average molecular weight is 239 g/mol. The quantitative estimate of drug-likeness (QED) is 0.880. The van der Waals surface area contributed by atoms with Gasteiger partial charge in [-0.15, -0.1) is 5.10 Å². The smallest absolute Gasteiger partial charge is 0.131 e. The van der Waals surface area contributed by atoms with Gasteiger partial charge in [0, 0.05) is 31.3 Å². The summed E-state index contributed by atoms with van der Waals surface area (Å²) in [4.78, 5) is 0. The van der Waals surface area contributed by atoms with Crippen LogP contribution in [0.2, 0.25) is 0 Å². The maximum Gasteiger partial charge on any atom is 0.131 e. The second kappa shape index (κ2) is 4.58. The average Bonchev–Trinajstić information content (AvgIpc) is 2.63. The molecular weight excluding hydrogens is 228 g/mol. The molecule has 1 aromatic heterocycles. The molecule has 0 saturated carbocycles. The first-order valence-corrected chi connectivity index (χ1v) is 5.04. The normalized spacial score (nSPS) is 12.7. The van der Waals surface area contributed by atoms with E-state index < -0.39 is 17.7 Å². The Kier molecular flexibility index (Phi) is 3.14. The van der Waals surface area contributed by atoms with Gasteiger partial charge in [0.25, 0.3) is 0 Å². The SMILES string of the molecule is Cn1cc(CC(O)c2ccc(F)cc2F)nn1. The van der Waals surface area contributed by atoms with Crippen LogP contribution in [0.25, 0.3) is 0 Å². The van der Waals surface area contributed by atoms with Crippen molar-refractivity contribution in [3.05, 3.63) is 47.3 Å². The van der Waals surface area contributed by atoms with Crippen LogP contribution in [0.3, 0.4) is 0 Å². The van der Waals surface area contributed by atoms with Crippen LogP contribution in [-0.4, -0.2) is 20.1 Å². The van der Waals surface area contributed by atoms with E-state index in [1.54, 1.807) is 13.2 Å². The van der Waals surface area contributed by atoms with E-state index >= 15 is 0 Å². The minimum atomic E-state index is -1.06. The summed E-state index contributed by atoms with van der Waals surface area (Å²) in [5, 5.41) is 17.3. The molecule has 1 unspecified atom stereocenters. The predicted molar refractivity (Wildman–Crippen MR) is 56.0 cm³/mol. The number of hydrogen-bond acceptors (Lipinski definition) is 3. The number of benzene rings is 1. The highest BCUT2D eigenvalue weighted by Gasteiger charge is 2.15. The Labute approximate surface area is 96.5 Å². The standard InChI is InChI=1S/C11H11F2N3O/c1-16-6-8(14-15-16)5-11(17)9-3-2-7(12)4-10(9)13/h2-4,6,11,17H,5H2,1H3. The van der Waals surface area contributed by atoms with Crippen LogP contribution >= 0.6 is 0 Å². The summed E-state index contributed by atoms with van der Waals surface area (Å²) in [6.07, 6.45) is 0.702. The van der Waals surface area contributed by atoms with Crippen LogP contribution in [0.15, 0.2) is 24.4 Å². The monoisotopic (exact) mass is 239 g/mol. The summed E-state index contributed by atoms with van der Waals surface area (Å²) in [6.45, 7) is 0. The number of nitrogens with zero attached hydrogens (tertiary/aromatic N) is 3. The third kappa shape index (κ3) is 2.65. The Bertz CT molecular complexity index is 527. The summed E-state index contributed by atoms with van der Waals surface area (Å²) >= 11 is 0. The number of aliphatic hydroxyl groups excluding tert-OH is 1. The molecular formula is C11H11F2N3O. The number of aryl methyl sites for hydroxylation is 1. The van der Waals surface area contributed by atoms with Crippen molar-refractivity contribution in [3.63, 3.8) is 0 Å². The van der Waals surface area contributed by atoms with Crippen molar-refractivity contribution < 1.29 is 13.9 Å². The fourth-order valence-electron chi connectivity index (χ4n) is 1.57. The topological polar surface area (TPSA) is 50.9 Å². The van der Waals surface area contributed by atoms with Gasteiger partial charge in [-0.05, 0) is 6.07 Å². The van der Waals surface area contributed by atoms with Crippen LogP contribution in [0, 0.1) is 11.6 Å². The van der Waals surface area contributed by atoms with Crippen LogP contribution in [0.1, 0.15) is 17.4 Å². The van der Waals surface area contributed by atoms with Crippen LogP contribution in [-0.2, 0) is 13.5 Å². The van der Waals surface area contributed by atoms with Crippen LogP contribution in [0.5, 0.6) is 0 Å². The summed E-state index contributed by atoms with van der Waals surface area (Å²) < 4.78 is 27.6. The summed E-state index contributed by atoms with van der Waals surface area (Å²) in [6, 6.07) is 3.08. The molecule has 2 aromatic rings. The van der Waals surface area contributed by atoms with Crippen LogP contribution < -0.4 is 0 Å². The molecule has 0 aliphatic rings. The lowest BCUT2D eigenvalue weighted by Gasteiger charge is -2.09. The largest absolute Gasteiger partial charge is 0.388 e. The van der Waals surface area contributed by atoms with Gasteiger partial charge in [-0.2, -0.15) is 0 Å². The predicted octanol–water partition coefficient (Wildman–Crippen LogP) is 1.37. The van der Waals surface area contributed by atoms with Crippen molar-refractivity contribution in [3.8, 4) is 0 Å². The molecule has 0 aliphatic carbocycles. The van der Waals surface area contributed by atoms with Crippen LogP contribution in [0.4, 0.5) is 8.78 Å². The summed E-state index contributed by atoms with van der Waals surface area (Å²) in [7, 11) is 1.70. The Hall–Kier alpha value is -1.82. The zero-order chi connectivity index (χ0) is 12.4. The molecule has 0 saturated heterocycles. The lowest BCUT2D eigenvalue weighted by molar-refractivity contribution is 0.172. The minimum absolute atomic E-state index is 0.0528. The minimum Gasteiger partial charge on any atom is -0.388 e. The molecule has 0 amide bonds. The van der Waals surface area contributed by atoms with E-state index in [1.165, 1.54) is 10.7 Å². The number of halogens is 2. The van der Waals surface area contributed by atoms with Gasteiger partial charge in [-0.3, -0.25) is 4.68 Å². The highest BCUT2D eigenvalue weighted by Crippen LogP contribution is 2.20. The number of aromatic nitrogens is 3. The van der Waals surface area contributed by atoms with Crippen molar-refractivity contribution in [1.29, 1.82) is 0 Å². The highest BCUT2D eigenvalue weighted by molar-refractivity contribution is 5.22. The molecule has 0 bridgehead atoms. The maximum absolute atomic E-state index is 13.4. The first-order valence-electron chi connectivity index (χ1n) is 5.04. The van der Waals surface area contributed by atoms with E-state index in [4.69, 9.17) is 0 Å². The molecule has 90 valence electrons. The molecule has 17 heavy (non-hydrogen) atoms. The molecule has 0 radical (unpaired) electrons. The molecule has 1 N–H and O–H groups in total. The van der Waals surface area contributed by atoms with Crippen molar-refractivity contribution in [2.24, 2.45) is 7.05 Å². The zero-order valence-electron chi connectivity index (χ0n) is 9.14. The molecule has 0 fully saturated rings. The summed E-state index contributed by atoms with van der Waals surface area (Å²) in [5.74, 6) is -1.43. The van der Waals surface area contributed by atoms with E-state index in [2.05, 4.69) is 10.3 Å². The third-order valence-electron chi connectivity index (χ3n) is 2.37. The fourth-order valence-corrected chi connectivity index (χ4v) is 1.57. The van der Waals surface area contributed by atoms with Gasteiger partial charge in [0.15, 0.2) is 0 Å². The van der Waals surface area contributed by atoms with Gasteiger partial charge >= 0.3 is 0 Å². The van der Waals surface area contributed by atoms with E-state index in [1.807, 2.05) is 0 Å². The molecule has 0 aliphatic heterocycles. The Morgan fingerprint density at radius 2 is 2.18 bits per heavy atom.